The first kappa shape index (κ1) is 21.3. The Balaban J connectivity index is 1.84. The van der Waals surface area contributed by atoms with Gasteiger partial charge in [0.15, 0.2) is 11.5 Å². The molecule has 0 fully saturated rings. The zero-order valence-corrected chi connectivity index (χ0v) is 18.2. The summed E-state index contributed by atoms with van der Waals surface area (Å²) in [5, 5.41) is 6.55. The Morgan fingerprint density at radius 1 is 0.931 bits per heavy atom. The van der Waals surface area contributed by atoms with Gasteiger partial charge in [0.05, 0.1) is 20.3 Å². The minimum absolute atomic E-state index is 0.162. The van der Waals surface area contributed by atoms with Crippen molar-refractivity contribution in [1.29, 1.82) is 0 Å². The number of halogens is 1. The monoisotopic (exact) mass is 413 g/mol. The number of methoxy groups -OCH3 is 2. The van der Waals surface area contributed by atoms with Crippen LogP contribution in [-0.2, 0) is 13.1 Å². The van der Waals surface area contributed by atoms with Crippen molar-refractivity contribution in [2.45, 2.75) is 39.5 Å². The molecule has 0 radical (unpaired) electrons. The Labute approximate surface area is 177 Å². The van der Waals surface area contributed by atoms with E-state index in [0.717, 1.165) is 23.3 Å². The fraction of sp³-hybridized carbons (Fsp3) is 0.333. The lowest BCUT2D eigenvalue weighted by Crippen LogP contribution is -2.16. The Morgan fingerprint density at radius 2 is 1.66 bits per heavy atom. The fourth-order valence-corrected chi connectivity index (χ4v) is 3.48. The van der Waals surface area contributed by atoms with E-state index in [-0.39, 0.29) is 6.10 Å². The molecule has 3 rings (SSSR count). The second-order valence-corrected chi connectivity index (χ2v) is 7.41. The molecule has 29 heavy (non-hydrogen) atoms. The van der Waals surface area contributed by atoms with Crippen molar-refractivity contribution >= 4 is 22.4 Å². The van der Waals surface area contributed by atoms with Gasteiger partial charge >= 0.3 is 0 Å². The number of hydrogen-bond acceptors (Lipinski definition) is 4. The molecule has 154 valence electrons. The van der Waals surface area contributed by atoms with Crippen LogP contribution < -0.4 is 19.5 Å². The largest absolute Gasteiger partial charge is 0.493 e. The summed E-state index contributed by atoms with van der Waals surface area (Å²) in [7, 11) is 3.23. The number of benzene rings is 3. The summed E-state index contributed by atoms with van der Waals surface area (Å²) >= 11 is 6.43. The summed E-state index contributed by atoms with van der Waals surface area (Å²) in [6.07, 6.45) is 1.12. The molecule has 0 bridgehead atoms. The second kappa shape index (κ2) is 9.86. The molecule has 1 atom stereocenters. The first-order valence-electron chi connectivity index (χ1n) is 9.85. The van der Waals surface area contributed by atoms with E-state index in [1.54, 1.807) is 20.3 Å². The van der Waals surface area contributed by atoms with Gasteiger partial charge in [0, 0.05) is 29.7 Å². The highest BCUT2D eigenvalue weighted by molar-refractivity contribution is 6.31. The van der Waals surface area contributed by atoms with Gasteiger partial charge in [-0.15, -0.1) is 0 Å². The number of ether oxygens (including phenoxy) is 3. The van der Waals surface area contributed by atoms with Crippen LogP contribution in [0.25, 0.3) is 10.8 Å². The molecule has 0 amide bonds. The molecule has 1 unspecified atom stereocenters. The third kappa shape index (κ3) is 4.95. The summed E-state index contributed by atoms with van der Waals surface area (Å²) in [4.78, 5) is 0. The fourth-order valence-electron chi connectivity index (χ4n) is 3.26. The van der Waals surface area contributed by atoms with E-state index in [2.05, 4.69) is 55.6 Å². The maximum atomic E-state index is 6.43. The Kier molecular flexibility index (Phi) is 7.24. The van der Waals surface area contributed by atoms with E-state index in [9.17, 15) is 0 Å². The summed E-state index contributed by atoms with van der Waals surface area (Å²) in [5.41, 5.74) is 2.11. The van der Waals surface area contributed by atoms with Crippen LogP contribution in [0.5, 0.6) is 17.2 Å². The van der Waals surface area contributed by atoms with Gasteiger partial charge in [0.25, 0.3) is 0 Å². The highest BCUT2D eigenvalue weighted by atomic mass is 35.5. The van der Waals surface area contributed by atoms with Gasteiger partial charge in [0.2, 0.25) is 0 Å². The summed E-state index contributed by atoms with van der Waals surface area (Å²) in [6.45, 7) is 5.49. The van der Waals surface area contributed by atoms with Crippen molar-refractivity contribution in [2.75, 3.05) is 14.2 Å². The predicted octanol–water partition coefficient (Wildman–Crippen LogP) is 5.98. The maximum Gasteiger partial charge on any atom is 0.162 e. The molecule has 0 spiro atoms. The van der Waals surface area contributed by atoms with Gasteiger partial charge in [-0.05, 0) is 41.8 Å². The highest BCUT2D eigenvalue weighted by Gasteiger charge is 2.13. The number of nitrogens with one attached hydrogen (secondary N) is 1. The highest BCUT2D eigenvalue weighted by Crippen LogP contribution is 2.33. The van der Waals surface area contributed by atoms with Crippen LogP contribution in [-0.4, -0.2) is 20.3 Å². The molecule has 1 N–H and O–H groups in total. The van der Waals surface area contributed by atoms with Crippen molar-refractivity contribution in [2.24, 2.45) is 0 Å². The Morgan fingerprint density at radius 3 is 2.38 bits per heavy atom. The van der Waals surface area contributed by atoms with Gasteiger partial charge in [-0.3, -0.25) is 0 Å². The Hall–Kier alpha value is -2.43. The zero-order valence-electron chi connectivity index (χ0n) is 17.4. The minimum Gasteiger partial charge on any atom is -0.493 e. The topological polar surface area (TPSA) is 39.7 Å². The Bertz CT molecular complexity index is 974. The van der Waals surface area contributed by atoms with E-state index < -0.39 is 0 Å². The third-order valence-electron chi connectivity index (χ3n) is 5.07. The van der Waals surface area contributed by atoms with Crippen LogP contribution in [0.1, 0.15) is 31.4 Å². The van der Waals surface area contributed by atoms with Crippen LogP contribution in [0.15, 0.2) is 48.5 Å². The van der Waals surface area contributed by atoms with Gasteiger partial charge in [-0.25, -0.2) is 0 Å². The lowest BCUT2D eigenvalue weighted by Gasteiger charge is -2.19. The molecule has 5 heteroatoms. The smallest absolute Gasteiger partial charge is 0.162 e. The van der Waals surface area contributed by atoms with Gasteiger partial charge < -0.3 is 19.5 Å². The molecular weight excluding hydrogens is 386 g/mol. The van der Waals surface area contributed by atoms with Gasteiger partial charge in [0.1, 0.15) is 5.75 Å². The maximum absolute atomic E-state index is 6.43. The number of fused-ring (bicyclic) bond motifs is 1. The molecule has 0 aliphatic carbocycles. The zero-order chi connectivity index (χ0) is 20.8. The molecule has 0 saturated heterocycles. The molecule has 0 aliphatic heterocycles. The molecule has 0 heterocycles. The third-order valence-corrected chi connectivity index (χ3v) is 5.42. The summed E-state index contributed by atoms with van der Waals surface area (Å²) in [5.74, 6) is 2.21. The molecule has 0 aromatic heterocycles. The SMILES string of the molecule is CCC(C)Oc1ccc2ccccc2c1CNCc1cc(OC)c(OC)cc1Cl. The van der Waals surface area contributed by atoms with Crippen molar-refractivity contribution in [3.05, 3.63) is 64.7 Å². The van der Waals surface area contributed by atoms with Crippen molar-refractivity contribution in [3.8, 4) is 17.2 Å². The number of hydrogen-bond donors (Lipinski definition) is 1. The standard InChI is InChI=1S/C24H28ClNO3/c1-5-16(2)29-22-11-10-17-8-6-7-9-19(17)20(22)15-26-14-18-12-23(27-3)24(28-4)13-21(18)25/h6-13,16,26H,5,14-15H2,1-4H3. The molecule has 3 aromatic rings. The molecular formula is C24H28ClNO3. The molecule has 3 aromatic carbocycles. The van der Waals surface area contributed by atoms with E-state index in [1.807, 2.05) is 6.07 Å². The first-order valence-corrected chi connectivity index (χ1v) is 10.2. The first-order chi connectivity index (χ1) is 14.1. The van der Waals surface area contributed by atoms with E-state index in [4.69, 9.17) is 25.8 Å². The summed E-state index contributed by atoms with van der Waals surface area (Å²) in [6, 6.07) is 16.2. The molecule has 4 nitrogen and oxygen atoms in total. The van der Waals surface area contributed by atoms with E-state index in [0.29, 0.717) is 29.6 Å². The summed E-state index contributed by atoms with van der Waals surface area (Å²) < 4.78 is 16.9. The van der Waals surface area contributed by atoms with Gasteiger partial charge in [-0.1, -0.05) is 48.9 Å². The minimum atomic E-state index is 0.162. The average Bonchev–Trinajstić information content (AvgIpc) is 2.75. The lowest BCUT2D eigenvalue weighted by atomic mass is 10.0. The van der Waals surface area contributed by atoms with Crippen LogP contribution >= 0.6 is 11.6 Å². The van der Waals surface area contributed by atoms with Crippen LogP contribution in [0.3, 0.4) is 0 Å². The van der Waals surface area contributed by atoms with Gasteiger partial charge in [-0.2, -0.15) is 0 Å². The molecule has 0 aliphatic rings. The van der Waals surface area contributed by atoms with Crippen LogP contribution in [0, 0.1) is 0 Å². The normalized spacial score (nSPS) is 12.0. The van der Waals surface area contributed by atoms with E-state index >= 15 is 0 Å². The van der Waals surface area contributed by atoms with Crippen LogP contribution in [0.4, 0.5) is 0 Å². The van der Waals surface area contributed by atoms with Crippen molar-refractivity contribution in [1.82, 2.24) is 5.32 Å². The second-order valence-electron chi connectivity index (χ2n) is 7.00. The average molecular weight is 414 g/mol. The predicted molar refractivity (Wildman–Crippen MR) is 119 cm³/mol. The van der Waals surface area contributed by atoms with Crippen LogP contribution in [0.2, 0.25) is 5.02 Å². The molecule has 0 saturated carbocycles. The quantitative estimate of drug-likeness (QED) is 0.468. The number of rotatable bonds is 9. The van der Waals surface area contributed by atoms with E-state index in [1.165, 1.54) is 10.8 Å². The lowest BCUT2D eigenvalue weighted by molar-refractivity contribution is 0.215. The van der Waals surface area contributed by atoms with Crippen molar-refractivity contribution in [3.63, 3.8) is 0 Å². The van der Waals surface area contributed by atoms with Crippen molar-refractivity contribution < 1.29 is 14.2 Å².